The number of benzene rings is 2. The van der Waals surface area contributed by atoms with Crippen LogP contribution in [0.1, 0.15) is 31.4 Å². The van der Waals surface area contributed by atoms with Gasteiger partial charge in [-0.3, -0.25) is 19.8 Å². The number of rotatable bonds is 8. The molecule has 0 unspecified atom stereocenters. The Morgan fingerprint density at radius 1 is 1.11 bits per heavy atom. The Balaban J connectivity index is 1.93. The van der Waals surface area contributed by atoms with Crippen molar-refractivity contribution < 1.29 is 18.1 Å². The molecule has 13 heteroatoms. The van der Waals surface area contributed by atoms with Crippen LogP contribution in [0.25, 0.3) is 0 Å². The molecule has 1 saturated heterocycles. The molecule has 3 rings (SSSR count). The van der Waals surface area contributed by atoms with Crippen molar-refractivity contribution in [3.63, 3.8) is 0 Å². The lowest BCUT2D eigenvalue weighted by Crippen LogP contribution is -2.41. The van der Waals surface area contributed by atoms with Crippen LogP contribution in [-0.4, -0.2) is 75.9 Å². The molecule has 38 heavy (non-hydrogen) atoms. The first-order chi connectivity index (χ1) is 17.7. The van der Waals surface area contributed by atoms with Crippen molar-refractivity contribution in [3.8, 4) is 0 Å². The monoisotopic (exact) mass is 585 g/mol. The average molecular weight is 587 g/mol. The van der Waals surface area contributed by atoms with E-state index in [1.165, 1.54) is 24.0 Å². The van der Waals surface area contributed by atoms with Gasteiger partial charge in [0, 0.05) is 61.4 Å². The molecular formula is C25H33Cl2N5O5S. The molecule has 2 aromatic rings. The first kappa shape index (κ1) is 30.1. The van der Waals surface area contributed by atoms with Gasteiger partial charge in [-0.05, 0) is 51.5 Å². The number of hydrogen-bond donors (Lipinski definition) is 1. The smallest absolute Gasteiger partial charge is 0.296 e. The maximum Gasteiger partial charge on any atom is 0.296 e. The first-order valence-corrected chi connectivity index (χ1v) is 14.3. The standard InChI is InChI=1S/C25H33Cl2N5O5S/c1-17-21(38(36,37)28-25(2,3)23-18(26)8-6-9-19(23)27)11-10-20(24(17)32(34)35)31-13-7-12-30(14-15-31)16-22(33)29(4)5/h6,8-11,28H,7,12-16H2,1-5H3. The summed E-state index contributed by atoms with van der Waals surface area (Å²) in [5.41, 5.74) is -0.686. The molecule has 0 saturated carbocycles. The van der Waals surface area contributed by atoms with Gasteiger partial charge in [-0.15, -0.1) is 0 Å². The number of anilines is 1. The SMILES string of the molecule is Cc1c(S(=O)(=O)NC(C)(C)c2c(Cl)cccc2Cl)ccc(N2CCCN(CC(=O)N(C)C)CC2)c1[N+](=O)[O-]. The van der Waals surface area contributed by atoms with Crippen molar-refractivity contribution in [2.24, 2.45) is 0 Å². The molecule has 0 bridgehead atoms. The molecule has 10 nitrogen and oxygen atoms in total. The van der Waals surface area contributed by atoms with E-state index in [4.69, 9.17) is 23.2 Å². The summed E-state index contributed by atoms with van der Waals surface area (Å²) < 4.78 is 29.6. The highest BCUT2D eigenvalue weighted by atomic mass is 35.5. The predicted molar refractivity (Wildman–Crippen MR) is 150 cm³/mol. The van der Waals surface area contributed by atoms with Crippen LogP contribution < -0.4 is 9.62 Å². The minimum atomic E-state index is -4.21. The second kappa shape index (κ2) is 11.7. The summed E-state index contributed by atoms with van der Waals surface area (Å²) in [6, 6.07) is 7.76. The van der Waals surface area contributed by atoms with Crippen LogP contribution in [0.3, 0.4) is 0 Å². The number of halogens is 2. The van der Waals surface area contributed by atoms with Gasteiger partial charge in [-0.2, -0.15) is 0 Å². The molecule has 0 aromatic heterocycles. The number of amides is 1. The maximum atomic E-state index is 13.5. The van der Waals surface area contributed by atoms with E-state index in [1.807, 2.05) is 9.80 Å². The van der Waals surface area contributed by atoms with E-state index in [-0.39, 0.29) is 28.6 Å². The third kappa shape index (κ3) is 6.58. The summed E-state index contributed by atoms with van der Waals surface area (Å²) in [5.74, 6) is -0.0108. The van der Waals surface area contributed by atoms with Gasteiger partial charge in [0.05, 0.1) is 21.9 Å². The van der Waals surface area contributed by atoms with Gasteiger partial charge in [0.15, 0.2) is 0 Å². The summed E-state index contributed by atoms with van der Waals surface area (Å²) in [5, 5.41) is 12.8. The Kier molecular flexibility index (Phi) is 9.31. The number of carbonyl (C=O) groups is 1. The molecule has 1 fully saturated rings. The minimum Gasteiger partial charge on any atom is -0.365 e. The fourth-order valence-corrected chi connectivity index (χ4v) is 7.18. The van der Waals surface area contributed by atoms with Crippen molar-refractivity contribution in [1.82, 2.24) is 14.5 Å². The summed E-state index contributed by atoms with van der Waals surface area (Å²) >= 11 is 12.6. The van der Waals surface area contributed by atoms with Crippen LogP contribution in [0, 0.1) is 17.0 Å². The van der Waals surface area contributed by atoms with Crippen LogP contribution in [0.5, 0.6) is 0 Å². The predicted octanol–water partition coefficient (Wildman–Crippen LogP) is 4.02. The highest BCUT2D eigenvalue weighted by Gasteiger charge is 2.35. The highest BCUT2D eigenvalue weighted by Crippen LogP contribution is 2.38. The summed E-state index contributed by atoms with van der Waals surface area (Å²) in [6.07, 6.45) is 0.700. The van der Waals surface area contributed by atoms with Gasteiger partial charge in [0.2, 0.25) is 15.9 Å². The van der Waals surface area contributed by atoms with Crippen molar-refractivity contribution >= 4 is 50.5 Å². The second-order valence-electron chi connectivity index (χ2n) is 10.0. The molecule has 208 valence electrons. The van der Waals surface area contributed by atoms with Crippen LogP contribution in [0.15, 0.2) is 35.2 Å². The Morgan fingerprint density at radius 3 is 2.32 bits per heavy atom. The molecule has 0 radical (unpaired) electrons. The van der Waals surface area contributed by atoms with E-state index in [9.17, 15) is 23.3 Å². The molecule has 0 aliphatic carbocycles. The molecule has 2 aromatic carbocycles. The van der Waals surface area contributed by atoms with E-state index in [0.717, 1.165) is 0 Å². The van der Waals surface area contributed by atoms with Gasteiger partial charge in [0.1, 0.15) is 5.69 Å². The number of nitro groups is 1. The third-order valence-electron chi connectivity index (χ3n) is 6.60. The Hall–Kier alpha value is -2.44. The number of likely N-dealkylation sites (N-methyl/N-ethyl adjacent to an activating group) is 1. The van der Waals surface area contributed by atoms with E-state index < -0.39 is 20.5 Å². The lowest BCUT2D eigenvalue weighted by atomic mass is 9.95. The van der Waals surface area contributed by atoms with Gasteiger partial charge < -0.3 is 9.80 Å². The van der Waals surface area contributed by atoms with Crippen molar-refractivity contribution in [3.05, 3.63) is 61.6 Å². The second-order valence-corrected chi connectivity index (χ2v) is 12.5. The quantitative estimate of drug-likeness (QED) is 0.367. The van der Waals surface area contributed by atoms with E-state index in [1.54, 1.807) is 46.1 Å². The molecule has 0 spiro atoms. The Labute approximate surface area is 233 Å². The summed E-state index contributed by atoms with van der Waals surface area (Å²) in [6.45, 7) is 7.18. The van der Waals surface area contributed by atoms with Crippen LogP contribution in [-0.2, 0) is 20.4 Å². The molecule has 1 N–H and O–H groups in total. The fourth-order valence-electron chi connectivity index (χ4n) is 4.68. The van der Waals surface area contributed by atoms with Crippen LogP contribution >= 0.6 is 23.2 Å². The minimum absolute atomic E-state index is 0.0108. The highest BCUT2D eigenvalue weighted by molar-refractivity contribution is 7.89. The number of hydrogen-bond acceptors (Lipinski definition) is 7. The Bertz CT molecular complexity index is 1310. The third-order valence-corrected chi connectivity index (χ3v) is 9.03. The number of nitrogens with zero attached hydrogens (tertiary/aromatic N) is 4. The van der Waals surface area contributed by atoms with Crippen molar-refractivity contribution in [2.45, 2.75) is 37.6 Å². The largest absolute Gasteiger partial charge is 0.365 e. The zero-order valence-electron chi connectivity index (χ0n) is 22.1. The van der Waals surface area contributed by atoms with Gasteiger partial charge in [0.25, 0.3) is 5.69 Å². The lowest BCUT2D eigenvalue weighted by Gasteiger charge is -2.29. The van der Waals surface area contributed by atoms with Gasteiger partial charge in [-0.1, -0.05) is 29.3 Å². The topological polar surface area (TPSA) is 116 Å². The number of sulfonamides is 1. The Morgan fingerprint density at radius 2 is 1.74 bits per heavy atom. The summed E-state index contributed by atoms with van der Waals surface area (Å²) in [4.78, 5) is 29.0. The zero-order chi connectivity index (χ0) is 28.4. The van der Waals surface area contributed by atoms with Crippen LogP contribution in [0.4, 0.5) is 11.4 Å². The molecular weight excluding hydrogens is 553 g/mol. The number of carbonyl (C=O) groups excluding carboxylic acids is 1. The molecule has 1 heterocycles. The van der Waals surface area contributed by atoms with E-state index in [0.29, 0.717) is 53.9 Å². The molecule has 1 aliphatic heterocycles. The molecule has 1 amide bonds. The summed E-state index contributed by atoms with van der Waals surface area (Å²) in [7, 11) is -0.809. The molecule has 1 aliphatic rings. The van der Waals surface area contributed by atoms with Crippen molar-refractivity contribution in [1.29, 1.82) is 0 Å². The van der Waals surface area contributed by atoms with Gasteiger partial charge in [-0.25, -0.2) is 13.1 Å². The average Bonchev–Trinajstić information content (AvgIpc) is 3.02. The van der Waals surface area contributed by atoms with Crippen molar-refractivity contribution in [2.75, 3.05) is 51.7 Å². The maximum absolute atomic E-state index is 13.5. The number of nitro benzene ring substituents is 1. The zero-order valence-corrected chi connectivity index (χ0v) is 24.5. The number of nitrogens with one attached hydrogen (secondary N) is 1. The molecule has 0 atom stereocenters. The van der Waals surface area contributed by atoms with E-state index in [2.05, 4.69) is 4.72 Å². The van der Waals surface area contributed by atoms with Crippen LogP contribution in [0.2, 0.25) is 10.0 Å². The van der Waals surface area contributed by atoms with E-state index >= 15 is 0 Å². The lowest BCUT2D eigenvalue weighted by molar-refractivity contribution is -0.384. The first-order valence-electron chi connectivity index (χ1n) is 12.1. The van der Waals surface area contributed by atoms with Gasteiger partial charge >= 0.3 is 0 Å². The fraction of sp³-hybridized carbons (Fsp3) is 0.480. The normalized spacial score (nSPS) is 15.3.